The van der Waals surface area contributed by atoms with E-state index in [0.717, 1.165) is 12.1 Å². The Bertz CT molecular complexity index is 986. The number of nitro groups is 1. The average molecular weight is 437 g/mol. The van der Waals surface area contributed by atoms with E-state index in [1.807, 2.05) is 25.1 Å². The first-order valence-corrected chi connectivity index (χ1v) is 11.2. The van der Waals surface area contributed by atoms with Gasteiger partial charge in [0.2, 0.25) is 10.0 Å². The third-order valence-corrected chi connectivity index (χ3v) is 7.01. The Morgan fingerprint density at radius 1 is 1.10 bits per heavy atom. The Labute approximate surface area is 176 Å². The maximum atomic E-state index is 12.8. The number of ether oxygens (including phenoxy) is 2. The van der Waals surface area contributed by atoms with E-state index in [-0.39, 0.29) is 10.6 Å². The van der Waals surface area contributed by atoms with Crippen molar-refractivity contribution in [3.05, 3.63) is 58.1 Å². The minimum Gasteiger partial charge on any atom is -0.493 e. The van der Waals surface area contributed by atoms with Crippen molar-refractivity contribution in [3.63, 3.8) is 0 Å². The predicted octanol–water partition coefficient (Wildman–Crippen LogP) is 1.09. The number of nitro benzene ring substituents is 1. The molecule has 0 radical (unpaired) electrons. The fourth-order valence-electron chi connectivity index (χ4n) is 3.49. The van der Waals surface area contributed by atoms with Crippen LogP contribution in [0.25, 0.3) is 0 Å². The molecular weight excluding hydrogens is 410 g/mol. The highest BCUT2D eigenvalue weighted by atomic mass is 32.2. The minimum absolute atomic E-state index is 0.0767. The second kappa shape index (κ2) is 9.41. The van der Waals surface area contributed by atoms with Crippen molar-refractivity contribution in [2.24, 2.45) is 0 Å². The first kappa shape index (κ1) is 22.0. The van der Waals surface area contributed by atoms with Gasteiger partial charge in [0.15, 0.2) is 11.5 Å². The van der Waals surface area contributed by atoms with Gasteiger partial charge in [0.25, 0.3) is 5.69 Å². The predicted molar refractivity (Wildman–Crippen MR) is 110 cm³/mol. The van der Waals surface area contributed by atoms with Crippen LogP contribution in [-0.2, 0) is 16.6 Å². The quantitative estimate of drug-likeness (QED) is 0.491. The fourth-order valence-corrected chi connectivity index (χ4v) is 4.94. The molecule has 0 aromatic heterocycles. The van der Waals surface area contributed by atoms with Crippen LogP contribution in [0.5, 0.6) is 11.5 Å². The molecule has 0 amide bonds. The van der Waals surface area contributed by atoms with Crippen LogP contribution in [0.2, 0.25) is 0 Å². The van der Waals surface area contributed by atoms with Crippen LogP contribution >= 0.6 is 0 Å². The van der Waals surface area contributed by atoms with E-state index in [0.29, 0.717) is 44.3 Å². The highest BCUT2D eigenvalue weighted by Gasteiger charge is 2.30. The largest absolute Gasteiger partial charge is 0.493 e. The van der Waals surface area contributed by atoms with Gasteiger partial charge in [0.1, 0.15) is 6.54 Å². The molecule has 1 aliphatic heterocycles. The van der Waals surface area contributed by atoms with Crippen molar-refractivity contribution in [2.45, 2.75) is 18.4 Å². The van der Waals surface area contributed by atoms with Gasteiger partial charge in [-0.1, -0.05) is 0 Å². The summed E-state index contributed by atoms with van der Waals surface area (Å²) in [7, 11) is -2.06. The van der Waals surface area contributed by atoms with E-state index in [9.17, 15) is 18.5 Å². The number of quaternary nitrogens is 1. The third kappa shape index (κ3) is 4.89. The normalized spacial score (nSPS) is 15.7. The van der Waals surface area contributed by atoms with Crippen LogP contribution in [-0.4, -0.2) is 57.5 Å². The zero-order valence-corrected chi connectivity index (χ0v) is 17.9. The molecule has 2 aromatic carbocycles. The van der Waals surface area contributed by atoms with Gasteiger partial charge in [-0.15, -0.1) is 0 Å². The van der Waals surface area contributed by atoms with Gasteiger partial charge in [-0.25, -0.2) is 8.42 Å². The summed E-state index contributed by atoms with van der Waals surface area (Å²) in [5, 5.41) is 10.8. The molecule has 0 aliphatic carbocycles. The number of hydrogen-bond acceptors (Lipinski definition) is 6. The molecule has 0 atom stereocenters. The molecule has 30 heavy (non-hydrogen) atoms. The Kier molecular flexibility index (Phi) is 6.91. The number of nitrogens with one attached hydrogen (secondary N) is 1. The summed E-state index contributed by atoms with van der Waals surface area (Å²) < 4.78 is 38.0. The number of rotatable bonds is 8. The van der Waals surface area contributed by atoms with E-state index in [2.05, 4.69) is 0 Å². The van der Waals surface area contributed by atoms with Crippen molar-refractivity contribution in [1.82, 2.24) is 4.31 Å². The molecule has 1 aliphatic rings. The Hall–Kier alpha value is -2.69. The second-order valence-electron chi connectivity index (χ2n) is 7.00. The highest BCUT2D eigenvalue weighted by Crippen LogP contribution is 2.27. The van der Waals surface area contributed by atoms with Crippen LogP contribution < -0.4 is 14.4 Å². The maximum absolute atomic E-state index is 12.8. The molecular formula is C20H26N3O6S+. The van der Waals surface area contributed by atoms with Crippen LogP contribution in [0, 0.1) is 10.1 Å². The molecule has 1 N–H and O–H groups in total. The van der Waals surface area contributed by atoms with Gasteiger partial charge in [-0.05, 0) is 37.3 Å². The average Bonchev–Trinajstić information content (AvgIpc) is 2.75. The number of sulfonamides is 1. The van der Waals surface area contributed by atoms with Gasteiger partial charge in [-0.2, -0.15) is 4.31 Å². The SMILES string of the molecule is CCOc1ccc(C[NH+]2CCN(S(=O)(=O)c3ccc([N+](=O)[O-])cc3)CC2)cc1OC. The Morgan fingerprint density at radius 3 is 2.33 bits per heavy atom. The smallest absolute Gasteiger partial charge is 0.269 e. The molecule has 0 saturated carbocycles. The lowest BCUT2D eigenvalue weighted by molar-refractivity contribution is -0.917. The zero-order valence-electron chi connectivity index (χ0n) is 17.0. The molecule has 0 unspecified atom stereocenters. The Morgan fingerprint density at radius 2 is 1.77 bits per heavy atom. The van der Waals surface area contributed by atoms with E-state index in [1.165, 1.54) is 33.5 Å². The summed E-state index contributed by atoms with van der Waals surface area (Å²) in [4.78, 5) is 11.6. The molecule has 9 nitrogen and oxygen atoms in total. The molecule has 1 heterocycles. The molecule has 2 aromatic rings. The zero-order chi connectivity index (χ0) is 21.7. The molecule has 0 spiro atoms. The van der Waals surface area contributed by atoms with Gasteiger partial charge in [0, 0.05) is 17.7 Å². The Balaban J connectivity index is 1.62. The molecule has 1 fully saturated rings. The monoisotopic (exact) mass is 436 g/mol. The molecule has 1 saturated heterocycles. The standard InChI is InChI=1S/C20H25N3O6S/c1-3-29-19-9-4-16(14-20(19)28-2)15-21-10-12-22(13-11-21)30(26,27)18-7-5-17(6-8-18)23(24)25/h4-9,14H,3,10-13,15H2,1-2H3/p+1. The molecule has 3 rings (SSSR count). The summed E-state index contributed by atoms with van der Waals surface area (Å²) in [5.74, 6) is 1.39. The lowest BCUT2D eigenvalue weighted by atomic mass is 10.1. The topological polar surface area (TPSA) is 103 Å². The second-order valence-corrected chi connectivity index (χ2v) is 8.94. The van der Waals surface area contributed by atoms with Crippen molar-refractivity contribution >= 4 is 15.7 Å². The summed E-state index contributed by atoms with van der Waals surface area (Å²) in [6.07, 6.45) is 0. The molecule has 162 valence electrons. The minimum atomic E-state index is -3.66. The van der Waals surface area contributed by atoms with Gasteiger partial charge < -0.3 is 14.4 Å². The van der Waals surface area contributed by atoms with Crippen molar-refractivity contribution < 1.29 is 27.7 Å². The lowest BCUT2D eigenvalue weighted by Crippen LogP contribution is -3.13. The fraction of sp³-hybridized carbons (Fsp3) is 0.400. The van der Waals surface area contributed by atoms with Gasteiger partial charge in [-0.3, -0.25) is 10.1 Å². The molecule has 10 heteroatoms. The number of hydrogen-bond donors (Lipinski definition) is 1. The van der Waals surface area contributed by atoms with E-state index in [4.69, 9.17) is 9.47 Å². The maximum Gasteiger partial charge on any atom is 0.269 e. The van der Waals surface area contributed by atoms with Crippen LogP contribution in [0.15, 0.2) is 47.4 Å². The van der Waals surface area contributed by atoms with Crippen molar-refractivity contribution in [1.29, 1.82) is 0 Å². The van der Waals surface area contributed by atoms with E-state index < -0.39 is 14.9 Å². The van der Waals surface area contributed by atoms with Crippen LogP contribution in [0.1, 0.15) is 12.5 Å². The summed E-state index contributed by atoms with van der Waals surface area (Å²) in [5.41, 5.74) is 0.964. The third-order valence-electron chi connectivity index (χ3n) is 5.10. The number of benzene rings is 2. The van der Waals surface area contributed by atoms with Gasteiger partial charge >= 0.3 is 0 Å². The summed E-state index contributed by atoms with van der Waals surface area (Å²) in [6.45, 7) is 5.36. The summed E-state index contributed by atoms with van der Waals surface area (Å²) in [6, 6.07) is 10.9. The summed E-state index contributed by atoms with van der Waals surface area (Å²) >= 11 is 0. The van der Waals surface area contributed by atoms with Crippen LogP contribution in [0.4, 0.5) is 5.69 Å². The van der Waals surface area contributed by atoms with E-state index >= 15 is 0 Å². The van der Waals surface area contributed by atoms with Crippen molar-refractivity contribution in [3.8, 4) is 11.5 Å². The first-order valence-electron chi connectivity index (χ1n) is 9.73. The lowest BCUT2D eigenvalue weighted by Gasteiger charge is -2.31. The van der Waals surface area contributed by atoms with E-state index in [1.54, 1.807) is 7.11 Å². The number of methoxy groups -OCH3 is 1. The van der Waals surface area contributed by atoms with Crippen LogP contribution in [0.3, 0.4) is 0 Å². The number of nitrogens with zero attached hydrogens (tertiary/aromatic N) is 2. The first-order chi connectivity index (χ1) is 14.3. The number of piperazine rings is 1. The molecule has 0 bridgehead atoms. The highest BCUT2D eigenvalue weighted by molar-refractivity contribution is 7.89. The van der Waals surface area contributed by atoms with Gasteiger partial charge in [0.05, 0.1) is 49.7 Å². The number of non-ortho nitro benzene ring substituents is 1. The van der Waals surface area contributed by atoms with Crippen molar-refractivity contribution in [2.75, 3.05) is 39.9 Å².